The van der Waals surface area contributed by atoms with Crippen molar-refractivity contribution in [3.8, 4) is 0 Å². The van der Waals surface area contributed by atoms with Gasteiger partial charge in [-0.1, -0.05) is 11.6 Å². The van der Waals surface area contributed by atoms with E-state index in [0.29, 0.717) is 23.4 Å². The van der Waals surface area contributed by atoms with E-state index in [1.807, 2.05) is 0 Å². The summed E-state index contributed by atoms with van der Waals surface area (Å²) in [5.74, 6) is -0.222. The highest BCUT2D eigenvalue weighted by Gasteiger charge is 2.02. The molecule has 0 amide bonds. The Morgan fingerprint density at radius 3 is 2.86 bits per heavy atom. The van der Waals surface area contributed by atoms with Crippen LogP contribution in [0.25, 0.3) is 0 Å². The lowest BCUT2D eigenvalue weighted by Crippen LogP contribution is -1.91. The molecule has 14 heavy (non-hydrogen) atoms. The van der Waals surface area contributed by atoms with Crippen molar-refractivity contribution in [3.63, 3.8) is 0 Å². The van der Waals surface area contributed by atoms with E-state index in [1.54, 1.807) is 6.07 Å². The van der Waals surface area contributed by atoms with Gasteiger partial charge in [-0.05, 0) is 43.0 Å². The van der Waals surface area contributed by atoms with Gasteiger partial charge in [-0.3, -0.25) is 0 Å². The smallest absolute Gasteiger partial charge is 0.126 e. The molecule has 3 heteroatoms. The SMILES string of the molecule is O=CCCCCc1cc(Cl)ccc1F. The summed E-state index contributed by atoms with van der Waals surface area (Å²) < 4.78 is 13.2. The standard InChI is InChI=1S/C11H12ClFO/c12-10-5-6-11(13)9(8-10)4-2-1-3-7-14/h5-8H,1-4H2. The number of carbonyl (C=O) groups excluding carboxylic acids is 1. The Morgan fingerprint density at radius 2 is 2.14 bits per heavy atom. The fraction of sp³-hybridized carbons (Fsp3) is 0.364. The zero-order valence-electron chi connectivity index (χ0n) is 7.80. The molecule has 0 radical (unpaired) electrons. The molecule has 0 fully saturated rings. The molecule has 0 aliphatic carbocycles. The summed E-state index contributed by atoms with van der Waals surface area (Å²) in [6.07, 6.45) is 3.68. The van der Waals surface area contributed by atoms with Crippen LogP contribution in [0.2, 0.25) is 5.02 Å². The molecule has 1 nitrogen and oxygen atoms in total. The largest absolute Gasteiger partial charge is 0.303 e. The predicted octanol–water partition coefficient (Wildman–Crippen LogP) is 3.39. The minimum Gasteiger partial charge on any atom is -0.303 e. The van der Waals surface area contributed by atoms with Crippen molar-refractivity contribution in [2.75, 3.05) is 0 Å². The second-order valence-corrected chi connectivity index (χ2v) is 3.58. The molecule has 0 saturated carbocycles. The molecular formula is C11H12ClFO. The van der Waals surface area contributed by atoms with Crippen molar-refractivity contribution in [3.05, 3.63) is 34.6 Å². The first-order valence-corrected chi connectivity index (χ1v) is 4.99. The Morgan fingerprint density at radius 1 is 1.36 bits per heavy atom. The normalized spacial score (nSPS) is 10.1. The summed E-state index contributed by atoms with van der Waals surface area (Å²) in [5.41, 5.74) is 0.628. The van der Waals surface area contributed by atoms with Crippen molar-refractivity contribution < 1.29 is 9.18 Å². The average Bonchev–Trinajstić information content (AvgIpc) is 2.18. The first kappa shape index (κ1) is 11.2. The van der Waals surface area contributed by atoms with E-state index >= 15 is 0 Å². The monoisotopic (exact) mass is 214 g/mol. The van der Waals surface area contributed by atoms with Crippen molar-refractivity contribution in [1.29, 1.82) is 0 Å². The third-order valence-electron chi connectivity index (χ3n) is 2.03. The Labute approximate surface area is 87.9 Å². The second kappa shape index (κ2) is 5.76. The fourth-order valence-electron chi connectivity index (χ4n) is 1.28. The van der Waals surface area contributed by atoms with Crippen molar-refractivity contribution in [2.45, 2.75) is 25.7 Å². The molecule has 0 atom stereocenters. The molecule has 0 aliphatic rings. The van der Waals surface area contributed by atoms with Crippen LogP contribution >= 0.6 is 11.6 Å². The summed E-state index contributed by atoms with van der Waals surface area (Å²) in [6, 6.07) is 4.54. The van der Waals surface area contributed by atoms with Crippen LogP contribution in [0.3, 0.4) is 0 Å². The van der Waals surface area contributed by atoms with Gasteiger partial charge >= 0.3 is 0 Å². The number of carbonyl (C=O) groups is 1. The van der Waals surface area contributed by atoms with Crippen molar-refractivity contribution >= 4 is 17.9 Å². The van der Waals surface area contributed by atoms with Gasteiger partial charge in [0.2, 0.25) is 0 Å². The van der Waals surface area contributed by atoms with Crippen LogP contribution in [0.5, 0.6) is 0 Å². The Bertz CT molecular complexity index is 312. The van der Waals surface area contributed by atoms with E-state index in [2.05, 4.69) is 0 Å². The van der Waals surface area contributed by atoms with Crippen LogP contribution in [0, 0.1) is 5.82 Å². The lowest BCUT2D eigenvalue weighted by atomic mass is 10.1. The van der Waals surface area contributed by atoms with Crippen LogP contribution in [0.4, 0.5) is 4.39 Å². The Hall–Kier alpha value is -0.890. The van der Waals surface area contributed by atoms with E-state index < -0.39 is 0 Å². The Balaban J connectivity index is 2.49. The summed E-state index contributed by atoms with van der Waals surface area (Å²) >= 11 is 5.73. The third-order valence-corrected chi connectivity index (χ3v) is 2.26. The highest BCUT2D eigenvalue weighted by molar-refractivity contribution is 6.30. The van der Waals surface area contributed by atoms with Crippen LogP contribution < -0.4 is 0 Å². The van der Waals surface area contributed by atoms with Crippen LogP contribution in [-0.4, -0.2) is 6.29 Å². The topological polar surface area (TPSA) is 17.1 Å². The van der Waals surface area contributed by atoms with Gasteiger partial charge in [0.25, 0.3) is 0 Å². The van der Waals surface area contributed by atoms with Gasteiger partial charge in [0.1, 0.15) is 12.1 Å². The summed E-state index contributed by atoms with van der Waals surface area (Å²) in [7, 11) is 0. The number of aldehydes is 1. The van der Waals surface area contributed by atoms with Crippen LogP contribution in [0.15, 0.2) is 18.2 Å². The molecule has 1 rings (SSSR count). The molecule has 0 spiro atoms. The first-order chi connectivity index (χ1) is 6.74. The number of halogens is 2. The number of unbranched alkanes of at least 4 members (excludes halogenated alkanes) is 2. The van der Waals surface area contributed by atoms with Gasteiger partial charge in [-0.25, -0.2) is 4.39 Å². The van der Waals surface area contributed by atoms with E-state index in [4.69, 9.17) is 11.6 Å². The minimum atomic E-state index is -0.222. The molecule has 0 N–H and O–H groups in total. The number of hydrogen-bond donors (Lipinski definition) is 0. The summed E-state index contributed by atoms with van der Waals surface area (Å²) in [6.45, 7) is 0. The van der Waals surface area contributed by atoms with Crippen LogP contribution in [-0.2, 0) is 11.2 Å². The lowest BCUT2D eigenvalue weighted by molar-refractivity contribution is -0.107. The molecular weight excluding hydrogens is 203 g/mol. The van der Waals surface area contributed by atoms with Crippen molar-refractivity contribution in [2.24, 2.45) is 0 Å². The maximum absolute atomic E-state index is 13.2. The zero-order chi connectivity index (χ0) is 10.4. The maximum Gasteiger partial charge on any atom is 0.126 e. The average molecular weight is 215 g/mol. The zero-order valence-corrected chi connectivity index (χ0v) is 8.56. The third kappa shape index (κ3) is 3.46. The molecule has 0 unspecified atom stereocenters. The highest BCUT2D eigenvalue weighted by atomic mass is 35.5. The minimum absolute atomic E-state index is 0.222. The predicted molar refractivity (Wildman–Crippen MR) is 55.0 cm³/mol. The molecule has 76 valence electrons. The summed E-state index contributed by atoms with van der Waals surface area (Å²) in [5, 5.41) is 0.553. The molecule has 0 saturated heterocycles. The van der Waals surface area contributed by atoms with Gasteiger partial charge < -0.3 is 4.79 Å². The highest BCUT2D eigenvalue weighted by Crippen LogP contribution is 2.16. The number of benzene rings is 1. The van der Waals surface area contributed by atoms with Crippen LogP contribution in [0.1, 0.15) is 24.8 Å². The quantitative estimate of drug-likeness (QED) is 0.543. The van der Waals surface area contributed by atoms with Gasteiger partial charge in [-0.15, -0.1) is 0 Å². The number of rotatable bonds is 5. The molecule has 0 heterocycles. The van der Waals surface area contributed by atoms with E-state index in [0.717, 1.165) is 19.1 Å². The fourth-order valence-corrected chi connectivity index (χ4v) is 1.47. The number of aryl methyl sites for hydroxylation is 1. The van der Waals surface area contributed by atoms with E-state index in [-0.39, 0.29) is 5.82 Å². The van der Waals surface area contributed by atoms with E-state index in [9.17, 15) is 9.18 Å². The lowest BCUT2D eigenvalue weighted by Gasteiger charge is -2.02. The number of hydrogen-bond acceptors (Lipinski definition) is 1. The van der Waals surface area contributed by atoms with Gasteiger partial charge in [0, 0.05) is 11.4 Å². The molecule has 0 aromatic heterocycles. The summed E-state index contributed by atoms with van der Waals surface area (Å²) in [4.78, 5) is 10.0. The maximum atomic E-state index is 13.2. The van der Waals surface area contributed by atoms with Gasteiger partial charge in [0.05, 0.1) is 0 Å². The second-order valence-electron chi connectivity index (χ2n) is 3.15. The molecule has 1 aromatic carbocycles. The van der Waals surface area contributed by atoms with Crippen molar-refractivity contribution in [1.82, 2.24) is 0 Å². The molecule has 1 aromatic rings. The van der Waals surface area contributed by atoms with E-state index in [1.165, 1.54) is 12.1 Å². The van der Waals surface area contributed by atoms with Gasteiger partial charge in [-0.2, -0.15) is 0 Å². The Kier molecular flexibility index (Phi) is 4.60. The molecule has 0 aliphatic heterocycles. The molecule has 0 bridgehead atoms. The first-order valence-electron chi connectivity index (χ1n) is 4.61. The van der Waals surface area contributed by atoms with Gasteiger partial charge in [0.15, 0.2) is 0 Å².